The maximum atomic E-state index is 11.0. The van der Waals surface area contributed by atoms with E-state index in [4.69, 9.17) is 9.47 Å². The monoisotopic (exact) mass is 818 g/mol. The Morgan fingerprint density at radius 3 is 1.02 bits per heavy atom. The molecule has 55 heavy (non-hydrogen) atoms. The minimum atomic E-state index is -4.43. The second-order valence-electron chi connectivity index (χ2n) is 13.7. The number of ether oxygens (including phenoxy) is 2. The summed E-state index contributed by atoms with van der Waals surface area (Å²) >= 11 is 0. The van der Waals surface area contributed by atoms with Crippen molar-refractivity contribution in [1.82, 2.24) is 0 Å². The first-order valence-corrected chi connectivity index (χ1v) is 22.5. The fourth-order valence-corrected chi connectivity index (χ4v) is 7.06. The normalized spacial score (nSPS) is 11.3. The van der Waals surface area contributed by atoms with Gasteiger partial charge in [0.15, 0.2) is 0 Å². The van der Waals surface area contributed by atoms with E-state index in [-0.39, 0.29) is 47.5 Å². The van der Waals surface area contributed by atoms with Crippen LogP contribution in [0.15, 0.2) is 107 Å². The fraction of sp³-hybridized carbons (Fsp3) is 0.455. The van der Waals surface area contributed by atoms with Gasteiger partial charge in [0.2, 0.25) is 0 Å². The maximum Gasteiger partial charge on any atom is 2.00 e. The molecule has 0 fully saturated rings. The van der Waals surface area contributed by atoms with Crippen LogP contribution < -0.4 is 9.47 Å². The Labute approximate surface area is 361 Å². The summed E-state index contributed by atoms with van der Waals surface area (Å²) in [6.07, 6.45) is 22.4. The van der Waals surface area contributed by atoms with Crippen molar-refractivity contribution in [2.75, 3.05) is 0 Å². The van der Waals surface area contributed by atoms with Crippen LogP contribution in [0.25, 0.3) is 0 Å². The van der Waals surface area contributed by atoms with Crippen LogP contribution in [0.5, 0.6) is 23.0 Å². The van der Waals surface area contributed by atoms with Crippen molar-refractivity contribution in [2.24, 2.45) is 0 Å². The molecule has 0 heterocycles. The Bertz CT molecular complexity index is 1710. The first kappa shape index (κ1) is 48.7. The van der Waals surface area contributed by atoms with E-state index in [2.05, 4.69) is 26.0 Å². The van der Waals surface area contributed by atoms with Crippen LogP contribution in [0, 0.1) is 0 Å². The van der Waals surface area contributed by atoms with Crippen LogP contribution in [0.3, 0.4) is 0 Å². The van der Waals surface area contributed by atoms with Gasteiger partial charge in [-0.2, -0.15) is 0 Å². The van der Waals surface area contributed by atoms with Crippen LogP contribution in [0.4, 0.5) is 0 Å². The van der Waals surface area contributed by atoms with Gasteiger partial charge in [-0.1, -0.05) is 140 Å². The molecular formula is C44H58CaO8S2. The van der Waals surface area contributed by atoms with Crippen molar-refractivity contribution < 1.29 is 35.4 Å². The molecule has 0 spiro atoms. The van der Waals surface area contributed by atoms with E-state index in [9.17, 15) is 25.9 Å². The zero-order valence-corrected chi connectivity index (χ0v) is 36.6. The van der Waals surface area contributed by atoms with E-state index in [0.29, 0.717) is 11.5 Å². The first-order chi connectivity index (χ1) is 26.0. The van der Waals surface area contributed by atoms with E-state index < -0.39 is 20.2 Å². The molecule has 0 aliphatic rings. The van der Waals surface area contributed by atoms with Gasteiger partial charge in [-0.3, -0.25) is 0 Å². The van der Waals surface area contributed by atoms with Crippen molar-refractivity contribution in [3.05, 3.63) is 108 Å². The number of hydrogen-bond acceptors (Lipinski definition) is 8. The molecule has 0 saturated carbocycles. The smallest absolute Gasteiger partial charge is 0.744 e. The van der Waals surface area contributed by atoms with Crippen LogP contribution in [0.2, 0.25) is 0 Å². The fourth-order valence-electron chi connectivity index (χ4n) is 6.12. The summed E-state index contributed by atoms with van der Waals surface area (Å²) in [6, 6.07) is 26.9. The third-order valence-corrected chi connectivity index (χ3v) is 10.9. The number of hydrogen-bond donors (Lipinski definition) is 0. The summed E-state index contributed by atoms with van der Waals surface area (Å²) in [4.78, 5) is -0.496. The van der Waals surface area contributed by atoms with Crippen molar-refractivity contribution in [3.8, 4) is 23.0 Å². The standard InChI is InChI=1S/2C22H30O4S.Ca/c2*1-2-3-4-5-6-7-8-9-12-19-13-10-11-14-22(19)26-20-15-17-21(18-16-20)27(23,24)25;/h2*10-11,13-18H,2-9,12H2,1H3,(H,23,24,25);/q;;+2/p-2. The summed E-state index contributed by atoms with van der Waals surface area (Å²) in [5.74, 6) is 2.59. The van der Waals surface area contributed by atoms with Crippen LogP contribution in [-0.4, -0.2) is 63.7 Å². The number of benzene rings is 4. The molecule has 4 rings (SSSR count). The predicted molar refractivity (Wildman–Crippen MR) is 220 cm³/mol. The SMILES string of the molecule is CCCCCCCCCCc1ccccc1Oc1ccc(S(=O)(=O)[O-])cc1.CCCCCCCCCCc1ccccc1Oc1ccc(S(=O)(=O)[O-])cc1.[Ca+2]. The number of unbranched alkanes of at least 4 members (excludes halogenated alkanes) is 14. The Morgan fingerprint density at radius 1 is 0.418 bits per heavy atom. The molecule has 0 aliphatic heterocycles. The summed E-state index contributed by atoms with van der Waals surface area (Å²) in [6.45, 7) is 4.47. The largest absolute Gasteiger partial charge is 2.00 e. The summed E-state index contributed by atoms with van der Waals surface area (Å²) in [7, 11) is -8.86. The Hall–Kier alpha value is -2.44. The van der Waals surface area contributed by atoms with Crippen molar-refractivity contribution >= 4 is 58.0 Å². The number of para-hydroxylation sites is 2. The van der Waals surface area contributed by atoms with E-state index in [1.165, 1.54) is 138 Å². The van der Waals surface area contributed by atoms with Gasteiger partial charge in [0.1, 0.15) is 43.2 Å². The number of rotatable bonds is 24. The molecule has 11 heteroatoms. The average molecular weight is 819 g/mol. The van der Waals surface area contributed by atoms with Gasteiger partial charge in [0, 0.05) is 0 Å². The Morgan fingerprint density at radius 2 is 0.709 bits per heavy atom. The van der Waals surface area contributed by atoms with Gasteiger partial charge in [0.25, 0.3) is 0 Å². The van der Waals surface area contributed by atoms with Gasteiger partial charge >= 0.3 is 37.7 Å². The third kappa shape index (κ3) is 20.0. The van der Waals surface area contributed by atoms with Gasteiger partial charge in [-0.05, 0) is 97.5 Å². The van der Waals surface area contributed by atoms with E-state index in [0.717, 1.165) is 48.3 Å². The van der Waals surface area contributed by atoms with Crippen molar-refractivity contribution in [3.63, 3.8) is 0 Å². The van der Waals surface area contributed by atoms with E-state index in [1.54, 1.807) is 0 Å². The molecule has 4 aromatic carbocycles. The minimum Gasteiger partial charge on any atom is -0.744 e. The molecule has 0 atom stereocenters. The van der Waals surface area contributed by atoms with Crippen LogP contribution in [0.1, 0.15) is 128 Å². The average Bonchev–Trinajstić information content (AvgIpc) is 3.15. The quantitative estimate of drug-likeness (QED) is 0.0388. The van der Waals surface area contributed by atoms with Gasteiger partial charge in [0.05, 0.1) is 9.79 Å². The van der Waals surface area contributed by atoms with Crippen LogP contribution >= 0.6 is 0 Å². The van der Waals surface area contributed by atoms with E-state index >= 15 is 0 Å². The minimum absolute atomic E-state index is 0. The first-order valence-electron chi connectivity index (χ1n) is 19.6. The topological polar surface area (TPSA) is 133 Å². The zero-order valence-electron chi connectivity index (χ0n) is 32.8. The molecule has 4 aromatic rings. The van der Waals surface area contributed by atoms with E-state index in [1.807, 2.05) is 36.4 Å². The number of aryl methyl sites for hydroxylation is 2. The molecule has 0 amide bonds. The van der Waals surface area contributed by atoms with Crippen molar-refractivity contribution in [1.29, 1.82) is 0 Å². The molecule has 296 valence electrons. The second kappa shape index (κ2) is 27.2. The summed E-state index contributed by atoms with van der Waals surface area (Å²) < 4.78 is 77.8. The predicted octanol–water partition coefficient (Wildman–Crippen LogP) is 11.8. The zero-order chi connectivity index (χ0) is 39.1. The maximum absolute atomic E-state index is 11.0. The second-order valence-corrected chi connectivity index (χ2v) is 16.5. The molecule has 0 aromatic heterocycles. The molecular weight excluding hydrogens is 761 g/mol. The van der Waals surface area contributed by atoms with Crippen LogP contribution in [-0.2, 0) is 33.1 Å². The molecule has 0 N–H and O–H groups in total. The summed E-state index contributed by atoms with van der Waals surface area (Å²) in [5.41, 5.74) is 2.29. The molecule has 0 saturated heterocycles. The van der Waals surface area contributed by atoms with Gasteiger partial charge < -0.3 is 18.6 Å². The van der Waals surface area contributed by atoms with Gasteiger partial charge in [-0.25, -0.2) is 16.8 Å². The third-order valence-electron chi connectivity index (χ3n) is 9.22. The Balaban J connectivity index is 0.000000373. The van der Waals surface area contributed by atoms with Crippen molar-refractivity contribution in [2.45, 2.75) is 139 Å². The molecule has 0 unspecified atom stereocenters. The van der Waals surface area contributed by atoms with Gasteiger partial charge in [-0.15, -0.1) is 0 Å². The molecule has 0 aliphatic carbocycles. The molecule has 0 bridgehead atoms. The Kier molecular flexibility index (Phi) is 24.1. The molecule has 8 nitrogen and oxygen atoms in total. The summed E-state index contributed by atoms with van der Waals surface area (Å²) in [5, 5.41) is 0. The molecule has 0 radical (unpaired) electrons.